The molecule has 2 aromatic rings. The second-order valence-corrected chi connectivity index (χ2v) is 3.30. The van der Waals surface area contributed by atoms with E-state index in [-0.39, 0.29) is 0 Å². The maximum absolute atomic E-state index is 5.02. The van der Waals surface area contributed by atoms with E-state index >= 15 is 0 Å². The van der Waals surface area contributed by atoms with Gasteiger partial charge in [0.2, 0.25) is 5.88 Å². The third-order valence-corrected chi connectivity index (χ3v) is 2.38. The van der Waals surface area contributed by atoms with Crippen LogP contribution in [0.1, 0.15) is 0 Å². The Balaban J connectivity index is 2.41. The Morgan fingerprint density at radius 2 is 2.31 bits per heavy atom. The number of hydrogen-bond donors (Lipinski definition) is 0. The standard InChI is InChI=1S/C9H8N2OS/c1-12-8-4-2-3-7(11-8)9-10-5-6-13-9/h2-6H,1H3. The van der Waals surface area contributed by atoms with Crippen molar-refractivity contribution in [3.8, 4) is 16.6 Å². The van der Waals surface area contributed by atoms with E-state index in [9.17, 15) is 0 Å². The number of rotatable bonds is 2. The van der Waals surface area contributed by atoms with Crippen molar-refractivity contribution < 1.29 is 4.74 Å². The fraction of sp³-hybridized carbons (Fsp3) is 0.111. The summed E-state index contributed by atoms with van der Waals surface area (Å²) in [7, 11) is 1.61. The minimum Gasteiger partial charge on any atom is -0.481 e. The summed E-state index contributed by atoms with van der Waals surface area (Å²) in [4.78, 5) is 8.42. The van der Waals surface area contributed by atoms with Crippen LogP contribution < -0.4 is 4.74 Å². The van der Waals surface area contributed by atoms with Crippen LogP contribution in [0.25, 0.3) is 10.7 Å². The topological polar surface area (TPSA) is 35.0 Å². The lowest BCUT2D eigenvalue weighted by atomic mass is 10.3. The Morgan fingerprint density at radius 3 is 3.00 bits per heavy atom. The van der Waals surface area contributed by atoms with Crippen molar-refractivity contribution in [2.45, 2.75) is 0 Å². The first kappa shape index (κ1) is 8.19. The van der Waals surface area contributed by atoms with E-state index in [1.54, 1.807) is 24.6 Å². The molecule has 0 unspecified atom stereocenters. The van der Waals surface area contributed by atoms with Crippen molar-refractivity contribution in [1.29, 1.82) is 0 Å². The van der Waals surface area contributed by atoms with Gasteiger partial charge in [0.25, 0.3) is 0 Å². The smallest absolute Gasteiger partial charge is 0.213 e. The Morgan fingerprint density at radius 1 is 1.38 bits per heavy atom. The van der Waals surface area contributed by atoms with E-state index in [1.165, 1.54) is 0 Å². The predicted molar refractivity (Wildman–Crippen MR) is 51.9 cm³/mol. The largest absolute Gasteiger partial charge is 0.481 e. The van der Waals surface area contributed by atoms with Gasteiger partial charge in [0.15, 0.2) is 0 Å². The molecule has 2 aromatic heterocycles. The highest BCUT2D eigenvalue weighted by Crippen LogP contribution is 2.21. The molecule has 3 nitrogen and oxygen atoms in total. The highest BCUT2D eigenvalue weighted by Gasteiger charge is 2.02. The van der Waals surface area contributed by atoms with Gasteiger partial charge in [-0.2, -0.15) is 0 Å². The van der Waals surface area contributed by atoms with Gasteiger partial charge >= 0.3 is 0 Å². The van der Waals surface area contributed by atoms with Crippen LogP contribution in [0.5, 0.6) is 5.88 Å². The fourth-order valence-electron chi connectivity index (χ4n) is 0.998. The third kappa shape index (κ3) is 1.67. The Hall–Kier alpha value is -1.42. The lowest BCUT2D eigenvalue weighted by Gasteiger charge is -1.99. The monoisotopic (exact) mass is 192 g/mol. The Kier molecular flexibility index (Phi) is 2.23. The molecule has 0 aliphatic carbocycles. The molecule has 0 bridgehead atoms. The molecule has 0 atom stereocenters. The molecule has 0 spiro atoms. The molecule has 2 heterocycles. The summed E-state index contributed by atoms with van der Waals surface area (Å²) < 4.78 is 5.02. The van der Waals surface area contributed by atoms with E-state index in [0.29, 0.717) is 5.88 Å². The molecule has 4 heteroatoms. The van der Waals surface area contributed by atoms with Gasteiger partial charge in [0.1, 0.15) is 10.7 Å². The number of thiazole rings is 1. The second-order valence-electron chi connectivity index (χ2n) is 2.40. The summed E-state index contributed by atoms with van der Waals surface area (Å²) in [5.41, 5.74) is 0.856. The number of aromatic nitrogens is 2. The molecular weight excluding hydrogens is 184 g/mol. The van der Waals surface area contributed by atoms with Crippen LogP contribution in [0.4, 0.5) is 0 Å². The van der Waals surface area contributed by atoms with Gasteiger partial charge in [-0.3, -0.25) is 0 Å². The van der Waals surface area contributed by atoms with Gasteiger partial charge in [-0.05, 0) is 6.07 Å². The number of methoxy groups -OCH3 is 1. The lowest BCUT2D eigenvalue weighted by molar-refractivity contribution is 0.398. The number of ether oxygens (including phenoxy) is 1. The number of hydrogen-bond acceptors (Lipinski definition) is 4. The molecule has 0 aliphatic heterocycles. The fourth-order valence-corrected chi connectivity index (χ4v) is 1.60. The highest BCUT2D eigenvalue weighted by atomic mass is 32.1. The quantitative estimate of drug-likeness (QED) is 0.731. The van der Waals surface area contributed by atoms with Crippen LogP contribution in [-0.4, -0.2) is 17.1 Å². The van der Waals surface area contributed by atoms with Crippen LogP contribution in [0.2, 0.25) is 0 Å². The molecular formula is C9H8N2OS. The summed E-state index contributed by atoms with van der Waals surface area (Å²) in [6, 6.07) is 5.64. The average molecular weight is 192 g/mol. The number of nitrogens with zero attached hydrogens (tertiary/aromatic N) is 2. The van der Waals surface area contributed by atoms with Gasteiger partial charge in [0, 0.05) is 17.6 Å². The van der Waals surface area contributed by atoms with E-state index in [2.05, 4.69) is 9.97 Å². The molecule has 0 saturated carbocycles. The van der Waals surface area contributed by atoms with E-state index in [0.717, 1.165) is 10.7 Å². The van der Waals surface area contributed by atoms with E-state index in [4.69, 9.17) is 4.74 Å². The van der Waals surface area contributed by atoms with Crippen molar-refractivity contribution in [1.82, 2.24) is 9.97 Å². The van der Waals surface area contributed by atoms with Crippen LogP contribution in [0.15, 0.2) is 29.8 Å². The zero-order chi connectivity index (χ0) is 9.10. The van der Waals surface area contributed by atoms with Crippen LogP contribution in [0, 0.1) is 0 Å². The van der Waals surface area contributed by atoms with Crippen molar-refractivity contribution in [3.05, 3.63) is 29.8 Å². The molecule has 66 valence electrons. The number of pyridine rings is 1. The summed E-state index contributed by atoms with van der Waals surface area (Å²) in [6.07, 6.45) is 1.77. The Bertz CT molecular complexity index is 386. The van der Waals surface area contributed by atoms with E-state index < -0.39 is 0 Å². The van der Waals surface area contributed by atoms with Gasteiger partial charge in [-0.1, -0.05) is 6.07 Å². The van der Waals surface area contributed by atoms with Gasteiger partial charge in [-0.15, -0.1) is 11.3 Å². The molecule has 0 fully saturated rings. The molecule has 0 aromatic carbocycles. The molecule has 13 heavy (non-hydrogen) atoms. The molecule has 0 N–H and O–H groups in total. The van der Waals surface area contributed by atoms with Crippen LogP contribution >= 0.6 is 11.3 Å². The second kappa shape index (κ2) is 3.53. The van der Waals surface area contributed by atoms with E-state index in [1.807, 2.05) is 23.6 Å². The SMILES string of the molecule is COc1cccc(-c2nccs2)n1. The van der Waals surface area contributed by atoms with Crippen molar-refractivity contribution in [3.63, 3.8) is 0 Å². The van der Waals surface area contributed by atoms with Crippen LogP contribution in [0.3, 0.4) is 0 Å². The molecule has 0 saturated heterocycles. The summed E-state index contributed by atoms with van der Waals surface area (Å²) in [5, 5.41) is 2.84. The lowest BCUT2D eigenvalue weighted by Crippen LogP contribution is -1.88. The predicted octanol–water partition coefficient (Wildman–Crippen LogP) is 2.21. The zero-order valence-corrected chi connectivity index (χ0v) is 7.91. The molecule has 0 aliphatic rings. The summed E-state index contributed by atoms with van der Waals surface area (Å²) in [5.74, 6) is 0.618. The minimum atomic E-state index is 0.618. The Labute approximate surface area is 80.0 Å². The molecule has 0 radical (unpaired) electrons. The molecule has 0 amide bonds. The van der Waals surface area contributed by atoms with Crippen molar-refractivity contribution in [2.75, 3.05) is 7.11 Å². The summed E-state index contributed by atoms with van der Waals surface area (Å²) in [6.45, 7) is 0. The van der Waals surface area contributed by atoms with Gasteiger partial charge < -0.3 is 4.74 Å². The highest BCUT2D eigenvalue weighted by molar-refractivity contribution is 7.13. The van der Waals surface area contributed by atoms with Crippen LogP contribution in [-0.2, 0) is 0 Å². The first-order valence-corrected chi connectivity index (χ1v) is 4.69. The minimum absolute atomic E-state index is 0.618. The van der Waals surface area contributed by atoms with Gasteiger partial charge in [-0.25, -0.2) is 9.97 Å². The van der Waals surface area contributed by atoms with Crippen molar-refractivity contribution >= 4 is 11.3 Å². The normalized spacial score (nSPS) is 9.92. The van der Waals surface area contributed by atoms with Gasteiger partial charge in [0.05, 0.1) is 7.11 Å². The first-order valence-electron chi connectivity index (χ1n) is 3.81. The maximum atomic E-state index is 5.02. The zero-order valence-electron chi connectivity index (χ0n) is 7.10. The molecule has 2 rings (SSSR count). The average Bonchev–Trinajstić information content (AvgIpc) is 2.71. The summed E-state index contributed by atoms with van der Waals surface area (Å²) >= 11 is 1.57. The van der Waals surface area contributed by atoms with Crippen molar-refractivity contribution in [2.24, 2.45) is 0 Å². The maximum Gasteiger partial charge on any atom is 0.213 e. The third-order valence-electron chi connectivity index (χ3n) is 1.58. The first-order chi connectivity index (χ1) is 6.40.